The molecule has 1 aromatic rings. The highest BCUT2D eigenvalue weighted by molar-refractivity contribution is 9.10. The van der Waals surface area contributed by atoms with Gasteiger partial charge in [0.15, 0.2) is 0 Å². The monoisotopic (exact) mass is 382 g/mol. The molecule has 2 N–H and O–H groups in total. The Hall–Kier alpha value is -0.740. The van der Waals surface area contributed by atoms with E-state index in [0.717, 1.165) is 16.4 Å². The van der Waals surface area contributed by atoms with Crippen LogP contribution in [0.2, 0.25) is 0 Å². The molecule has 2 unspecified atom stereocenters. The first-order chi connectivity index (χ1) is 9.81. The van der Waals surface area contributed by atoms with Crippen molar-refractivity contribution in [3.63, 3.8) is 0 Å². The lowest BCUT2D eigenvalue weighted by Crippen LogP contribution is -2.31. The van der Waals surface area contributed by atoms with Crippen LogP contribution in [0.15, 0.2) is 21.5 Å². The minimum Gasteiger partial charge on any atom is -0.398 e. The fourth-order valence-corrected chi connectivity index (χ4v) is 4.10. The molecular formula is C12H16BrFN2O4S. The number of sulfonamides is 1. The van der Waals surface area contributed by atoms with Crippen molar-refractivity contribution >= 4 is 31.6 Å². The largest absolute Gasteiger partial charge is 0.398 e. The minimum absolute atomic E-state index is 0.104. The molecule has 0 amide bonds. The number of hydrogen-bond acceptors (Lipinski definition) is 5. The number of hydrogen-bond donors (Lipinski definition) is 1. The van der Waals surface area contributed by atoms with Gasteiger partial charge in [0.1, 0.15) is 10.7 Å². The van der Waals surface area contributed by atoms with E-state index in [-0.39, 0.29) is 31.0 Å². The average Bonchev–Trinajstić information content (AvgIpc) is 2.86. The van der Waals surface area contributed by atoms with Crippen LogP contribution < -0.4 is 5.73 Å². The van der Waals surface area contributed by atoms with Crippen molar-refractivity contribution in [3.05, 3.63) is 22.4 Å². The average molecular weight is 383 g/mol. The summed E-state index contributed by atoms with van der Waals surface area (Å²) in [6, 6.07) is 2.15. The highest BCUT2D eigenvalue weighted by Crippen LogP contribution is 2.30. The fraction of sp³-hybridized carbons (Fsp3) is 0.500. The SMILES string of the molecule is COC1CN(S(=O)(=O)c2cc(N)c(Br)cc2F)CC1OC. The van der Waals surface area contributed by atoms with Crippen molar-refractivity contribution < 1.29 is 22.3 Å². The fourth-order valence-electron chi connectivity index (χ4n) is 2.24. The van der Waals surface area contributed by atoms with Crippen LogP contribution in [0.3, 0.4) is 0 Å². The Bertz CT molecular complexity index is 628. The molecule has 0 aromatic heterocycles. The summed E-state index contributed by atoms with van der Waals surface area (Å²) in [5.74, 6) is -0.856. The van der Waals surface area contributed by atoms with Crippen molar-refractivity contribution in [3.8, 4) is 0 Å². The molecule has 1 saturated heterocycles. The summed E-state index contributed by atoms with van der Waals surface area (Å²) in [5.41, 5.74) is 5.80. The summed E-state index contributed by atoms with van der Waals surface area (Å²) < 4.78 is 50.9. The molecule has 118 valence electrons. The van der Waals surface area contributed by atoms with E-state index in [0.29, 0.717) is 4.47 Å². The van der Waals surface area contributed by atoms with Crippen molar-refractivity contribution in [2.45, 2.75) is 17.1 Å². The summed E-state index contributed by atoms with van der Waals surface area (Å²) in [4.78, 5) is -0.449. The maximum absolute atomic E-state index is 14.0. The van der Waals surface area contributed by atoms with Crippen LogP contribution in [0, 0.1) is 5.82 Å². The van der Waals surface area contributed by atoms with Crippen molar-refractivity contribution in [1.29, 1.82) is 0 Å². The van der Waals surface area contributed by atoms with E-state index in [9.17, 15) is 12.8 Å². The van der Waals surface area contributed by atoms with E-state index >= 15 is 0 Å². The Balaban J connectivity index is 2.38. The van der Waals surface area contributed by atoms with Gasteiger partial charge in [-0.1, -0.05) is 0 Å². The topological polar surface area (TPSA) is 81.9 Å². The molecule has 2 atom stereocenters. The minimum atomic E-state index is -4.00. The van der Waals surface area contributed by atoms with Crippen LogP contribution in [-0.4, -0.2) is 52.2 Å². The van der Waals surface area contributed by atoms with Gasteiger partial charge >= 0.3 is 0 Å². The van der Waals surface area contributed by atoms with Gasteiger partial charge in [0.25, 0.3) is 0 Å². The van der Waals surface area contributed by atoms with Crippen molar-refractivity contribution in [2.75, 3.05) is 33.0 Å². The highest BCUT2D eigenvalue weighted by Gasteiger charge is 2.40. The van der Waals surface area contributed by atoms with Crippen LogP contribution in [0.1, 0.15) is 0 Å². The predicted molar refractivity (Wildman–Crippen MR) is 78.9 cm³/mol. The van der Waals surface area contributed by atoms with E-state index in [1.165, 1.54) is 14.2 Å². The molecule has 0 bridgehead atoms. The zero-order valence-corrected chi connectivity index (χ0v) is 13.9. The third-order valence-corrected chi connectivity index (χ3v) is 5.99. The van der Waals surface area contributed by atoms with Gasteiger partial charge in [0.05, 0.1) is 12.2 Å². The molecule has 0 spiro atoms. The number of nitrogens with two attached hydrogens (primary N) is 1. The van der Waals surface area contributed by atoms with Gasteiger partial charge in [0.2, 0.25) is 10.0 Å². The van der Waals surface area contributed by atoms with Crippen LogP contribution >= 0.6 is 15.9 Å². The van der Waals surface area contributed by atoms with E-state index in [2.05, 4.69) is 15.9 Å². The number of benzene rings is 1. The maximum atomic E-state index is 14.0. The molecule has 1 fully saturated rings. The van der Waals surface area contributed by atoms with E-state index in [1.807, 2.05) is 0 Å². The van der Waals surface area contributed by atoms with Crippen LogP contribution in [0.25, 0.3) is 0 Å². The normalized spacial score (nSPS) is 23.6. The molecule has 6 nitrogen and oxygen atoms in total. The second-order valence-electron chi connectivity index (χ2n) is 4.67. The first-order valence-corrected chi connectivity index (χ1v) is 8.34. The Morgan fingerprint density at radius 2 is 1.81 bits per heavy atom. The number of anilines is 1. The lowest BCUT2D eigenvalue weighted by atomic mass is 10.3. The Morgan fingerprint density at radius 1 is 1.29 bits per heavy atom. The Morgan fingerprint density at radius 3 is 2.29 bits per heavy atom. The number of rotatable bonds is 4. The molecule has 21 heavy (non-hydrogen) atoms. The number of ether oxygens (including phenoxy) is 2. The number of nitrogen functional groups attached to an aromatic ring is 1. The summed E-state index contributed by atoms with van der Waals surface area (Å²) in [5, 5.41) is 0. The zero-order valence-electron chi connectivity index (χ0n) is 11.5. The molecule has 0 aliphatic carbocycles. The van der Waals surface area contributed by atoms with Gasteiger partial charge in [-0.3, -0.25) is 0 Å². The molecule has 2 rings (SSSR count). The molecule has 1 aliphatic heterocycles. The third-order valence-electron chi connectivity index (χ3n) is 3.46. The zero-order chi connectivity index (χ0) is 15.8. The smallest absolute Gasteiger partial charge is 0.246 e. The van der Waals surface area contributed by atoms with Gasteiger partial charge in [-0.05, 0) is 28.1 Å². The molecule has 1 aromatic carbocycles. The van der Waals surface area contributed by atoms with Crippen LogP contribution in [-0.2, 0) is 19.5 Å². The molecule has 9 heteroatoms. The number of nitrogens with zero attached hydrogens (tertiary/aromatic N) is 1. The molecule has 0 saturated carbocycles. The quantitative estimate of drug-likeness (QED) is 0.791. The molecular weight excluding hydrogens is 367 g/mol. The lowest BCUT2D eigenvalue weighted by Gasteiger charge is -2.17. The summed E-state index contributed by atoms with van der Waals surface area (Å²) in [6.07, 6.45) is -0.777. The van der Waals surface area contributed by atoms with Crippen molar-refractivity contribution in [1.82, 2.24) is 4.31 Å². The van der Waals surface area contributed by atoms with Crippen molar-refractivity contribution in [2.24, 2.45) is 0 Å². The number of methoxy groups -OCH3 is 2. The summed E-state index contributed by atoms with van der Waals surface area (Å²) in [7, 11) is -1.04. The molecule has 1 heterocycles. The number of halogens is 2. The Kier molecular flexibility index (Phi) is 4.89. The third kappa shape index (κ3) is 3.07. The summed E-state index contributed by atoms with van der Waals surface area (Å²) in [6.45, 7) is 0.208. The maximum Gasteiger partial charge on any atom is 0.246 e. The predicted octanol–water partition coefficient (Wildman–Crippen LogP) is 1.20. The van der Waals surface area contributed by atoms with Gasteiger partial charge in [-0.2, -0.15) is 4.31 Å². The standard InChI is InChI=1S/C12H16BrFN2O4S/c1-19-10-5-16(6-11(10)20-2)21(17,18)12-4-9(15)7(13)3-8(12)14/h3-4,10-11H,5-6,15H2,1-2H3. The van der Waals surface area contributed by atoms with E-state index in [1.54, 1.807) is 0 Å². The van der Waals surface area contributed by atoms with Crippen LogP contribution in [0.4, 0.5) is 10.1 Å². The second kappa shape index (κ2) is 6.17. The second-order valence-corrected chi connectivity index (χ2v) is 7.44. The molecule has 1 aliphatic rings. The van der Waals surface area contributed by atoms with Crippen LogP contribution in [0.5, 0.6) is 0 Å². The van der Waals surface area contributed by atoms with E-state index in [4.69, 9.17) is 15.2 Å². The Labute approximate surface area is 131 Å². The molecule has 0 radical (unpaired) electrons. The van der Waals surface area contributed by atoms with Gasteiger partial charge in [-0.15, -0.1) is 0 Å². The highest BCUT2D eigenvalue weighted by atomic mass is 79.9. The first kappa shape index (κ1) is 16.6. The lowest BCUT2D eigenvalue weighted by molar-refractivity contribution is -0.00461. The first-order valence-electron chi connectivity index (χ1n) is 6.11. The summed E-state index contributed by atoms with van der Waals surface area (Å²) >= 11 is 3.06. The van der Waals surface area contributed by atoms with E-state index < -0.39 is 20.7 Å². The van der Waals surface area contributed by atoms with Gasteiger partial charge < -0.3 is 15.2 Å². The van der Waals surface area contributed by atoms with Gasteiger partial charge in [-0.25, -0.2) is 12.8 Å². The van der Waals surface area contributed by atoms with Gasteiger partial charge in [0, 0.05) is 37.5 Å².